The smallest absolute Gasteiger partial charge is 0.105 e. The van der Waals surface area contributed by atoms with E-state index >= 15 is 0 Å². The molecule has 10 heavy (non-hydrogen) atoms. The second-order valence-electron chi connectivity index (χ2n) is 2.41. The molecule has 2 N–H and O–H groups in total. The Labute approximate surface area is 62.9 Å². The van der Waals surface area contributed by atoms with Crippen molar-refractivity contribution in [3.63, 3.8) is 0 Å². The van der Waals surface area contributed by atoms with Gasteiger partial charge in [0, 0.05) is 6.04 Å². The lowest BCUT2D eigenvalue weighted by molar-refractivity contribution is 0.127. The molecule has 0 aliphatic carbocycles. The zero-order valence-corrected chi connectivity index (χ0v) is 6.96. The van der Waals surface area contributed by atoms with Crippen LogP contribution in [0.4, 0.5) is 0 Å². The summed E-state index contributed by atoms with van der Waals surface area (Å²) in [6.07, 6.45) is 4.37. The van der Waals surface area contributed by atoms with E-state index in [0.29, 0.717) is 0 Å². The first-order chi connectivity index (χ1) is 4.70. The topological polar surface area (TPSA) is 32.3 Å². The molecular formula is C8H17NO. The Hall–Kier alpha value is -0.340. The molecule has 0 bridgehead atoms. The van der Waals surface area contributed by atoms with Gasteiger partial charge in [-0.1, -0.05) is 19.1 Å². The van der Waals surface area contributed by atoms with Gasteiger partial charge in [0.15, 0.2) is 0 Å². The van der Waals surface area contributed by atoms with E-state index in [1.807, 2.05) is 32.9 Å². The maximum atomic E-state index is 9.11. The van der Waals surface area contributed by atoms with E-state index in [-0.39, 0.29) is 12.3 Å². The van der Waals surface area contributed by atoms with E-state index in [2.05, 4.69) is 5.32 Å². The minimum absolute atomic E-state index is 0.264. The summed E-state index contributed by atoms with van der Waals surface area (Å²) in [6, 6.07) is 0.264. The van der Waals surface area contributed by atoms with Gasteiger partial charge in [-0.3, -0.25) is 5.32 Å². The van der Waals surface area contributed by atoms with Crippen molar-refractivity contribution in [3.05, 3.63) is 12.2 Å². The Morgan fingerprint density at radius 2 is 2.20 bits per heavy atom. The van der Waals surface area contributed by atoms with Gasteiger partial charge >= 0.3 is 0 Å². The van der Waals surface area contributed by atoms with Gasteiger partial charge in [-0.15, -0.1) is 0 Å². The molecule has 2 heteroatoms. The van der Waals surface area contributed by atoms with E-state index in [1.54, 1.807) is 0 Å². The summed E-state index contributed by atoms with van der Waals surface area (Å²) in [5.74, 6) is 0. The van der Waals surface area contributed by atoms with E-state index in [4.69, 9.17) is 5.11 Å². The van der Waals surface area contributed by atoms with Crippen LogP contribution in [-0.4, -0.2) is 17.4 Å². The molecule has 2 unspecified atom stereocenters. The van der Waals surface area contributed by atoms with E-state index < -0.39 is 0 Å². The summed E-state index contributed by atoms with van der Waals surface area (Å²) in [5.41, 5.74) is 0. The van der Waals surface area contributed by atoms with E-state index in [1.165, 1.54) is 0 Å². The fourth-order valence-electron chi connectivity index (χ4n) is 0.766. The maximum absolute atomic E-state index is 9.11. The molecule has 0 fully saturated rings. The van der Waals surface area contributed by atoms with Crippen molar-refractivity contribution in [3.8, 4) is 0 Å². The minimum Gasteiger partial charge on any atom is -0.379 e. The molecule has 0 amide bonds. The molecule has 0 aliphatic rings. The summed E-state index contributed by atoms with van der Waals surface area (Å²) in [5, 5.41) is 12.1. The van der Waals surface area contributed by atoms with Gasteiger partial charge in [-0.05, 0) is 20.3 Å². The van der Waals surface area contributed by atoms with Crippen LogP contribution in [0.1, 0.15) is 27.2 Å². The summed E-state index contributed by atoms with van der Waals surface area (Å²) in [4.78, 5) is 0. The predicted molar refractivity (Wildman–Crippen MR) is 43.7 cm³/mol. The molecular weight excluding hydrogens is 126 g/mol. The van der Waals surface area contributed by atoms with Crippen LogP contribution in [0.5, 0.6) is 0 Å². The number of rotatable bonds is 4. The lowest BCUT2D eigenvalue weighted by Crippen LogP contribution is -2.34. The van der Waals surface area contributed by atoms with Crippen LogP contribution in [0.2, 0.25) is 0 Å². The Kier molecular flexibility index (Phi) is 5.26. The second kappa shape index (κ2) is 5.45. The standard InChI is InChI=1S/C8H17NO/c1-4-6-7(3)9-8(10)5-2/h4,6-10H,5H2,1-3H3. The molecule has 0 aliphatic heterocycles. The van der Waals surface area contributed by atoms with Crippen LogP contribution in [0.3, 0.4) is 0 Å². The van der Waals surface area contributed by atoms with Gasteiger partial charge in [0.05, 0.1) is 0 Å². The zero-order chi connectivity index (χ0) is 7.98. The van der Waals surface area contributed by atoms with Gasteiger partial charge in [-0.2, -0.15) is 0 Å². The average Bonchev–Trinajstić information content (AvgIpc) is 1.88. The van der Waals surface area contributed by atoms with Crippen LogP contribution >= 0.6 is 0 Å². The SMILES string of the molecule is CC=CC(C)NC(O)CC. The number of aliphatic hydroxyl groups is 1. The molecule has 0 aromatic carbocycles. The van der Waals surface area contributed by atoms with Crippen LogP contribution in [-0.2, 0) is 0 Å². The Balaban J connectivity index is 3.46. The van der Waals surface area contributed by atoms with Crippen LogP contribution in [0, 0.1) is 0 Å². The van der Waals surface area contributed by atoms with Crippen molar-refractivity contribution in [2.75, 3.05) is 0 Å². The van der Waals surface area contributed by atoms with Gasteiger partial charge < -0.3 is 5.11 Å². The first-order valence-electron chi connectivity index (χ1n) is 3.77. The van der Waals surface area contributed by atoms with Crippen molar-refractivity contribution in [1.82, 2.24) is 5.32 Å². The van der Waals surface area contributed by atoms with Crippen molar-refractivity contribution in [2.45, 2.75) is 39.5 Å². The van der Waals surface area contributed by atoms with Crippen molar-refractivity contribution >= 4 is 0 Å². The van der Waals surface area contributed by atoms with Crippen LogP contribution in [0.25, 0.3) is 0 Å². The van der Waals surface area contributed by atoms with Gasteiger partial charge in [0.25, 0.3) is 0 Å². The number of allylic oxidation sites excluding steroid dienone is 1. The molecule has 0 saturated heterocycles. The van der Waals surface area contributed by atoms with Crippen LogP contribution < -0.4 is 5.32 Å². The summed E-state index contributed by atoms with van der Waals surface area (Å²) >= 11 is 0. The molecule has 0 saturated carbocycles. The number of nitrogens with one attached hydrogen (secondary N) is 1. The zero-order valence-electron chi connectivity index (χ0n) is 6.96. The molecule has 0 rings (SSSR count). The van der Waals surface area contributed by atoms with Crippen molar-refractivity contribution in [2.24, 2.45) is 0 Å². The van der Waals surface area contributed by atoms with Crippen molar-refractivity contribution < 1.29 is 5.11 Å². The van der Waals surface area contributed by atoms with Crippen molar-refractivity contribution in [1.29, 1.82) is 0 Å². The van der Waals surface area contributed by atoms with E-state index in [9.17, 15) is 0 Å². The monoisotopic (exact) mass is 143 g/mol. The molecule has 60 valence electrons. The molecule has 2 atom stereocenters. The third kappa shape index (κ3) is 4.53. The fraction of sp³-hybridized carbons (Fsp3) is 0.750. The van der Waals surface area contributed by atoms with Gasteiger partial charge in [0.1, 0.15) is 6.23 Å². The lowest BCUT2D eigenvalue weighted by atomic mass is 10.3. The first-order valence-corrected chi connectivity index (χ1v) is 3.77. The van der Waals surface area contributed by atoms with Gasteiger partial charge in [0.2, 0.25) is 0 Å². The average molecular weight is 143 g/mol. The van der Waals surface area contributed by atoms with Gasteiger partial charge in [-0.25, -0.2) is 0 Å². The molecule has 0 aromatic rings. The molecule has 2 nitrogen and oxygen atoms in total. The highest BCUT2D eigenvalue weighted by Gasteiger charge is 2.01. The Morgan fingerprint density at radius 1 is 1.60 bits per heavy atom. The third-order valence-corrected chi connectivity index (χ3v) is 1.32. The molecule has 0 radical (unpaired) electrons. The Bertz CT molecular complexity index is 101. The summed E-state index contributed by atoms with van der Waals surface area (Å²) < 4.78 is 0. The summed E-state index contributed by atoms with van der Waals surface area (Å²) in [7, 11) is 0. The maximum Gasteiger partial charge on any atom is 0.105 e. The molecule has 0 heterocycles. The largest absolute Gasteiger partial charge is 0.379 e. The quantitative estimate of drug-likeness (QED) is 0.459. The normalized spacial score (nSPS) is 17.6. The number of hydrogen-bond acceptors (Lipinski definition) is 2. The van der Waals surface area contributed by atoms with Crippen LogP contribution in [0.15, 0.2) is 12.2 Å². The number of aliphatic hydroxyl groups excluding tert-OH is 1. The highest BCUT2D eigenvalue weighted by atomic mass is 16.3. The first kappa shape index (κ1) is 9.66. The second-order valence-corrected chi connectivity index (χ2v) is 2.41. The molecule has 0 spiro atoms. The summed E-state index contributed by atoms with van der Waals surface area (Å²) in [6.45, 7) is 5.93. The highest BCUT2D eigenvalue weighted by Crippen LogP contribution is 1.90. The third-order valence-electron chi connectivity index (χ3n) is 1.32. The minimum atomic E-state index is -0.369. The number of hydrogen-bond donors (Lipinski definition) is 2. The lowest BCUT2D eigenvalue weighted by Gasteiger charge is -2.13. The predicted octanol–water partition coefficient (Wildman–Crippen LogP) is 1.27. The highest BCUT2D eigenvalue weighted by molar-refractivity contribution is 4.88. The fourth-order valence-corrected chi connectivity index (χ4v) is 0.766. The van der Waals surface area contributed by atoms with E-state index in [0.717, 1.165) is 6.42 Å². The molecule has 0 aromatic heterocycles. The Morgan fingerprint density at radius 3 is 2.60 bits per heavy atom.